The van der Waals surface area contributed by atoms with Crippen molar-refractivity contribution in [2.24, 2.45) is 17.1 Å². The molecular formula is C21H29F3N2O5. The third-order valence-electron chi connectivity index (χ3n) is 4.76. The molecule has 0 aliphatic rings. The van der Waals surface area contributed by atoms with Gasteiger partial charge >= 0.3 is 18.1 Å². The number of carbonyl (C=O) groups is 3. The lowest BCUT2D eigenvalue weighted by molar-refractivity contribution is -0.233. The molecule has 0 saturated carbocycles. The summed E-state index contributed by atoms with van der Waals surface area (Å²) in [5.41, 5.74) is 3.19. The molecule has 0 spiro atoms. The third-order valence-corrected chi connectivity index (χ3v) is 4.76. The molecule has 1 amide bonds. The number of amides is 1. The van der Waals surface area contributed by atoms with E-state index in [-0.39, 0.29) is 18.9 Å². The molecule has 3 N–H and O–H groups in total. The van der Waals surface area contributed by atoms with Crippen LogP contribution in [0.4, 0.5) is 13.2 Å². The van der Waals surface area contributed by atoms with E-state index in [4.69, 9.17) is 10.5 Å². The van der Waals surface area contributed by atoms with Gasteiger partial charge in [-0.3, -0.25) is 9.59 Å². The number of rotatable bonds is 10. The molecule has 0 fully saturated rings. The Hall–Kier alpha value is -2.62. The van der Waals surface area contributed by atoms with Crippen LogP contribution in [-0.2, 0) is 30.5 Å². The van der Waals surface area contributed by atoms with Gasteiger partial charge in [0.25, 0.3) is 0 Å². The number of methoxy groups -OCH3 is 1. The van der Waals surface area contributed by atoms with Crippen LogP contribution in [0.25, 0.3) is 0 Å². The maximum atomic E-state index is 13.8. The fraction of sp³-hybridized carbons (Fsp3) is 0.571. The zero-order valence-electron chi connectivity index (χ0n) is 18.0. The van der Waals surface area contributed by atoms with Crippen LogP contribution in [0.2, 0.25) is 0 Å². The normalized spacial score (nSPS) is 15.5. The molecular weight excluding hydrogens is 417 g/mol. The minimum absolute atomic E-state index is 0.00553. The minimum Gasteiger partial charge on any atom is -0.467 e. The first-order valence-corrected chi connectivity index (χ1v) is 9.73. The Bertz CT molecular complexity index is 755. The van der Waals surface area contributed by atoms with Crippen molar-refractivity contribution in [3.63, 3.8) is 0 Å². The molecule has 0 aromatic heterocycles. The molecule has 174 valence electrons. The Morgan fingerprint density at radius 2 is 1.71 bits per heavy atom. The third kappa shape index (κ3) is 7.54. The summed E-state index contributed by atoms with van der Waals surface area (Å²) >= 11 is 0. The predicted octanol–water partition coefficient (Wildman–Crippen LogP) is 2.72. The summed E-state index contributed by atoms with van der Waals surface area (Å²) in [6.45, 7) is 3.88. The standard InChI is InChI=1S/C21H29F3N2O5/c1-13(2)10-16(18(28)30-4)26-17(27)15(25)11-20(3,21(22,23)24)19(29)31-12-14-8-6-5-7-9-14/h5-9,13,15-16H,10-12,25H2,1-4H3,(H,26,27)/t15-,16+,20?/m1/s1. The highest BCUT2D eigenvalue weighted by Crippen LogP contribution is 2.42. The molecule has 0 aliphatic carbocycles. The first-order valence-electron chi connectivity index (χ1n) is 9.73. The van der Waals surface area contributed by atoms with Gasteiger partial charge in [0.2, 0.25) is 5.91 Å². The van der Waals surface area contributed by atoms with Gasteiger partial charge in [0.1, 0.15) is 12.6 Å². The zero-order chi connectivity index (χ0) is 23.8. The first kappa shape index (κ1) is 26.4. The van der Waals surface area contributed by atoms with Crippen molar-refractivity contribution < 1.29 is 37.0 Å². The number of ether oxygens (including phenoxy) is 2. The van der Waals surface area contributed by atoms with Crippen molar-refractivity contribution in [1.82, 2.24) is 5.32 Å². The van der Waals surface area contributed by atoms with E-state index in [0.29, 0.717) is 12.5 Å². The molecule has 0 aliphatic heterocycles. The fourth-order valence-electron chi connectivity index (χ4n) is 2.84. The highest BCUT2D eigenvalue weighted by atomic mass is 19.4. The van der Waals surface area contributed by atoms with Crippen LogP contribution in [0, 0.1) is 11.3 Å². The number of nitrogens with one attached hydrogen (secondary N) is 1. The van der Waals surface area contributed by atoms with Crippen LogP contribution in [0.1, 0.15) is 39.2 Å². The number of hydrogen-bond donors (Lipinski definition) is 2. The zero-order valence-corrected chi connectivity index (χ0v) is 18.0. The second kappa shape index (κ2) is 11.1. The molecule has 1 unspecified atom stereocenters. The number of nitrogens with two attached hydrogens (primary N) is 1. The Balaban J connectivity index is 2.92. The molecule has 7 nitrogen and oxygen atoms in total. The highest BCUT2D eigenvalue weighted by Gasteiger charge is 2.59. The molecule has 0 heterocycles. The average Bonchev–Trinajstić information content (AvgIpc) is 2.70. The summed E-state index contributed by atoms with van der Waals surface area (Å²) < 4.78 is 50.8. The van der Waals surface area contributed by atoms with Gasteiger partial charge in [-0.15, -0.1) is 0 Å². The van der Waals surface area contributed by atoms with Crippen molar-refractivity contribution >= 4 is 17.8 Å². The Morgan fingerprint density at radius 1 is 1.13 bits per heavy atom. The molecule has 10 heteroatoms. The lowest BCUT2D eigenvalue weighted by Gasteiger charge is -2.32. The smallest absolute Gasteiger partial charge is 0.404 e. The molecule has 0 bridgehead atoms. The molecule has 0 saturated heterocycles. The second-order valence-electron chi connectivity index (χ2n) is 7.92. The Labute approximate surface area is 179 Å². The average molecular weight is 446 g/mol. The van der Waals surface area contributed by atoms with Gasteiger partial charge in [-0.25, -0.2) is 4.79 Å². The second-order valence-corrected chi connectivity index (χ2v) is 7.92. The van der Waals surface area contributed by atoms with Crippen LogP contribution in [-0.4, -0.2) is 43.2 Å². The number of alkyl halides is 3. The number of carbonyl (C=O) groups excluding carboxylic acids is 3. The lowest BCUT2D eigenvalue weighted by atomic mass is 9.82. The van der Waals surface area contributed by atoms with Crippen molar-refractivity contribution in [3.8, 4) is 0 Å². The van der Waals surface area contributed by atoms with E-state index < -0.39 is 47.9 Å². The minimum atomic E-state index is -5.02. The number of benzene rings is 1. The lowest BCUT2D eigenvalue weighted by Crippen LogP contribution is -2.54. The largest absolute Gasteiger partial charge is 0.467 e. The highest BCUT2D eigenvalue weighted by molar-refractivity contribution is 5.88. The van der Waals surface area contributed by atoms with Crippen LogP contribution in [0.3, 0.4) is 0 Å². The molecule has 1 rings (SSSR count). The van der Waals surface area contributed by atoms with Crippen LogP contribution in [0.15, 0.2) is 30.3 Å². The van der Waals surface area contributed by atoms with E-state index >= 15 is 0 Å². The molecule has 31 heavy (non-hydrogen) atoms. The van der Waals surface area contributed by atoms with Crippen molar-refractivity contribution in [3.05, 3.63) is 35.9 Å². The van der Waals surface area contributed by atoms with Gasteiger partial charge in [0.05, 0.1) is 13.2 Å². The number of halogens is 3. The van der Waals surface area contributed by atoms with Crippen LogP contribution < -0.4 is 11.1 Å². The first-order chi connectivity index (χ1) is 14.3. The van der Waals surface area contributed by atoms with Crippen molar-refractivity contribution in [2.45, 2.75) is 58.5 Å². The van der Waals surface area contributed by atoms with E-state index in [9.17, 15) is 27.6 Å². The van der Waals surface area contributed by atoms with Gasteiger partial charge in [-0.1, -0.05) is 44.2 Å². The fourth-order valence-corrected chi connectivity index (χ4v) is 2.84. The maximum absolute atomic E-state index is 13.8. The summed E-state index contributed by atoms with van der Waals surface area (Å²) in [6.07, 6.45) is -5.86. The molecule has 1 aromatic carbocycles. The predicted molar refractivity (Wildman–Crippen MR) is 106 cm³/mol. The van der Waals surface area contributed by atoms with E-state index in [0.717, 1.165) is 7.11 Å². The molecule has 3 atom stereocenters. The summed E-state index contributed by atoms with van der Waals surface area (Å²) in [5, 5.41) is 2.31. The summed E-state index contributed by atoms with van der Waals surface area (Å²) in [5.74, 6) is -3.29. The molecule has 0 radical (unpaired) electrons. The van der Waals surface area contributed by atoms with E-state index in [1.807, 2.05) is 0 Å². The van der Waals surface area contributed by atoms with Crippen molar-refractivity contribution in [1.29, 1.82) is 0 Å². The van der Waals surface area contributed by atoms with Gasteiger partial charge in [0.15, 0.2) is 5.41 Å². The van der Waals surface area contributed by atoms with Crippen LogP contribution >= 0.6 is 0 Å². The van der Waals surface area contributed by atoms with E-state index in [2.05, 4.69) is 10.1 Å². The SMILES string of the molecule is COC(=O)[C@H](CC(C)C)NC(=O)[C@H](N)CC(C)(C(=O)OCc1ccccc1)C(F)(F)F. The Kier molecular flexibility index (Phi) is 9.48. The number of esters is 2. The monoisotopic (exact) mass is 446 g/mol. The number of hydrogen-bond acceptors (Lipinski definition) is 6. The quantitative estimate of drug-likeness (QED) is 0.535. The van der Waals surface area contributed by atoms with E-state index in [1.54, 1.807) is 44.2 Å². The van der Waals surface area contributed by atoms with Gasteiger partial charge < -0.3 is 20.5 Å². The van der Waals surface area contributed by atoms with Crippen molar-refractivity contribution in [2.75, 3.05) is 7.11 Å². The Morgan fingerprint density at radius 3 is 2.19 bits per heavy atom. The van der Waals surface area contributed by atoms with Gasteiger partial charge in [-0.05, 0) is 31.2 Å². The maximum Gasteiger partial charge on any atom is 0.404 e. The van der Waals surface area contributed by atoms with Crippen LogP contribution in [0.5, 0.6) is 0 Å². The topological polar surface area (TPSA) is 108 Å². The van der Waals surface area contributed by atoms with Gasteiger partial charge in [0, 0.05) is 0 Å². The summed E-state index contributed by atoms with van der Waals surface area (Å²) in [7, 11) is 1.13. The summed E-state index contributed by atoms with van der Waals surface area (Å²) in [6, 6.07) is 5.44. The molecule has 1 aromatic rings. The van der Waals surface area contributed by atoms with E-state index in [1.165, 1.54) is 0 Å². The van der Waals surface area contributed by atoms with Gasteiger partial charge in [-0.2, -0.15) is 13.2 Å². The summed E-state index contributed by atoms with van der Waals surface area (Å²) in [4.78, 5) is 36.6.